The Morgan fingerprint density at radius 3 is 2.47 bits per heavy atom. The van der Waals surface area contributed by atoms with Gasteiger partial charge in [0.05, 0.1) is 17.4 Å². The topological polar surface area (TPSA) is 96.2 Å². The first-order chi connectivity index (χ1) is 16.4. The van der Waals surface area contributed by atoms with Gasteiger partial charge >= 0.3 is 0 Å². The Balaban J connectivity index is 1.48. The van der Waals surface area contributed by atoms with Gasteiger partial charge < -0.3 is 15.0 Å². The van der Waals surface area contributed by atoms with Crippen molar-refractivity contribution >= 4 is 42.3 Å². The summed E-state index contributed by atoms with van der Waals surface area (Å²) < 4.78 is 1.73. The van der Waals surface area contributed by atoms with E-state index in [1.807, 2.05) is 12.3 Å². The van der Waals surface area contributed by atoms with Crippen LogP contribution in [0.3, 0.4) is 0 Å². The largest absolute Gasteiger partial charge is 0.368 e. The molecular formula is C24H30BN7O2. The average Bonchev–Trinajstić information content (AvgIpc) is 3.34. The van der Waals surface area contributed by atoms with Crippen LogP contribution in [0.25, 0.3) is 11.0 Å². The molecule has 0 bridgehead atoms. The zero-order valence-electron chi connectivity index (χ0n) is 20.0. The number of carbonyl (C=O) groups is 1. The van der Waals surface area contributed by atoms with Crippen molar-refractivity contribution < 1.29 is 4.79 Å². The zero-order chi connectivity index (χ0) is 23.8. The summed E-state index contributed by atoms with van der Waals surface area (Å²) in [7, 11) is 2.14. The molecule has 1 saturated carbocycles. The predicted octanol–water partition coefficient (Wildman–Crippen LogP) is 2.23. The van der Waals surface area contributed by atoms with Gasteiger partial charge in [0, 0.05) is 43.8 Å². The highest BCUT2D eigenvalue weighted by atomic mass is 16.1. The van der Waals surface area contributed by atoms with E-state index in [1.54, 1.807) is 17.7 Å². The minimum absolute atomic E-state index is 0.0532. The summed E-state index contributed by atoms with van der Waals surface area (Å²) in [5, 5.41) is 3.92. The number of ketones is 1. The van der Waals surface area contributed by atoms with Crippen molar-refractivity contribution in [1.29, 1.82) is 0 Å². The molecule has 0 amide bonds. The molecule has 1 saturated heterocycles. The van der Waals surface area contributed by atoms with Gasteiger partial charge in [0.1, 0.15) is 11.5 Å². The minimum Gasteiger partial charge on any atom is -0.368 e. The summed E-state index contributed by atoms with van der Waals surface area (Å²) in [6, 6.07) is 4.03. The molecule has 2 fully saturated rings. The molecule has 0 atom stereocenters. The van der Waals surface area contributed by atoms with Gasteiger partial charge in [0.2, 0.25) is 5.95 Å². The van der Waals surface area contributed by atoms with Gasteiger partial charge in [-0.1, -0.05) is 12.8 Å². The summed E-state index contributed by atoms with van der Waals surface area (Å²) in [5.41, 5.74) is 2.31. The number of fused-ring (bicyclic) bond motifs is 1. The van der Waals surface area contributed by atoms with Crippen molar-refractivity contribution in [2.24, 2.45) is 0 Å². The maximum atomic E-state index is 13.4. The number of aryl methyl sites for hydroxylation is 1. The van der Waals surface area contributed by atoms with Crippen molar-refractivity contribution in [3.8, 4) is 0 Å². The van der Waals surface area contributed by atoms with Gasteiger partial charge in [-0.3, -0.25) is 14.2 Å². The first kappa shape index (κ1) is 22.5. The van der Waals surface area contributed by atoms with Crippen LogP contribution in [-0.4, -0.2) is 64.3 Å². The highest BCUT2D eigenvalue weighted by Crippen LogP contribution is 2.32. The summed E-state index contributed by atoms with van der Waals surface area (Å²) in [5.74, 6) is 0.806. The van der Waals surface area contributed by atoms with E-state index < -0.39 is 0 Å². The summed E-state index contributed by atoms with van der Waals surface area (Å²) in [6.45, 7) is 7.30. The van der Waals surface area contributed by atoms with Gasteiger partial charge in [0.15, 0.2) is 13.8 Å². The van der Waals surface area contributed by atoms with Gasteiger partial charge in [-0.15, -0.1) is 0 Å². The number of aromatic nitrogens is 4. The number of hydrogen-bond acceptors (Lipinski definition) is 8. The van der Waals surface area contributed by atoms with Crippen LogP contribution in [0.15, 0.2) is 29.3 Å². The molecule has 0 spiro atoms. The maximum absolute atomic E-state index is 13.4. The van der Waals surface area contributed by atoms with E-state index in [2.05, 4.69) is 39.0 Å². The van der Waals surface area contributed by atoms with Crippen molar-refractivity contribution in [3.63, 3.8) is 0 Å². The number of nitrogens with one attached hydrogen (secondary N) is 1. The van der Waals surface area contributed by atoms with E-state index >= 15 is 0 Å². The van der Waals surface area contributed by atoms with Crippen LogP contribution in [-0.2, 0) is 0 Å². The fourth-order valence-corrected chi connectivity index (χ4v) is 5.14. The molecule has 1 aliphatic heterocycles. The van der Waals surface area contributed by atoms with E-state index in [0.29, 0.717) is 23.0 Å². The summed E-state index contributed by atoms with van der Waals surface area (Å²) in [6.07, 6.45) is 7.54. The van der Waals surface area contributed by atoms with Gasteiger partial charge in [-0.2, -0.15) is 4.98 Å². The van der Waals surface area contributed by atoms with Crippen LogP contribution in [0.1, 0.15) is 54.6 Å². The lowest BCUT2D eigenvalue weighted by Gasteiger charge is -2.34. The second-order valence-corrected chi connectivity index (χ2v) is 9.42. The molecule has 1 aliphatic carbocycles. The van der Waals surface area contributed by atoms with E-state index in [4.69, 9.17) is 4.98 Å². The van der Waals surface area contributed by atoms with Crippen molar-refractivity contribution in [2.45, 2.75) is 45.6 Å². The molecule has 3 aromatic heterocycles. The third-order valence-electron chi connectivity index (χ3n) is 7.11. The maximum Gasteiger partial charge on any atom is 0.263 e. The Morgan fingerprint density at radius 1 is 1.09 bits per heavy atom. The normalized spacial score (nSPS) is 17.4. The first-order valence-corrected chi connectivity index (χ1v) is 12.0. The molecule has 1 N–H and O–H groups in total. The summed E-state index contributed by atoms with van der Waals surface area (Å²) in [4.78, 5) is 44.1. The monoisotopic (exact) mass is 459 g/mol. The van der Waals surface area contributed by atoms with Crippen LogP contribution in [0.2, 0.25) is 0 Å². The highest BCUT2D eigenvalue weighted by molar-refractivity contribution is 6.04. The molecule has 0 aromatic carbocycles. The zero-order valence-corrected chi connectivity index (χ0v) is 20.0. The summed E-state index contributed by atoms with van der Waals surface area (Å²) >= 11 is 0. The van der Waals surface area contributed by atoms with Crippen LogP contribution in [0.4, 0.5) is 17.5 Å². The van der Waals surface area contributed by atoms with Gasteiger partial charge in [-0.25, -0.2) is 9.97 Å². The number of carbonyl (C=O) groups excluding carboxylic acids is 1. The molecule has 0 unspecified atom stereocenters. The van der Waals surface area contributed by atoms with E-state index in [0.717, 1.165) is 62.9 Å². The molecule has 5 rings (SSSR count). The Kier molecular flexibility index (Phi) is 6.08. The van der Waals surface area contributed by atoms with E-state index in [-0.39, 0.29) is 22.9 Å². The number of pyridine rings is 2. The van der Waals surface area contributed by atoms with Crippen LogP contribution in [0, 0.1) is 6.92 Å². The second kappa shape index (κ2) is 9.17. The van der Waals surface area contributed by atoms with Crippen molar-refractivity contribution in [2.75, 3.05) is 36.4 Å². The quantitative estimate of drug-likeness (QED) is 0.459. The number of hydrogen-bond donors (Lipinski definition) is 1. The predicted molar refractivity (Wildman–Crippen MR) is 136 cm³/mol. The smallest absolute Gasteiger partial charge is 0.263 e. The van der Waals surface area contributed by atoms with Crippen molar-refractivity contribution in [1.82, 2.24) is 24.3 Å². The van der Waals surface area contributed by atoms with Crippen LogP contribution in [0.5, 0.6) is 0 Å². The molecule has 0 radical (unpaired) electrons. The third-order valence-corrected chi connectivity index (χ3v) is 7.11. The number of piperazine rings is 1. The van der Waals surface area contributed by atoms with Crippen LogP contribution >= 0.6 is 0 Å². The lowest BCUT2D eigenvalue weighted by Crippen LogP contribution is -2.45. The molecule has 9 nitrogen and oxygen atoms in total. The van der Waals surface area contributed by atoms with Gasteiger partial charge in [-0.05, 0) is 44.4 Å². The number of anilines is 3. The Bertz CT molecular complexity index is 1280. The Morgan fingerprint density at radius 2 is 1.82 bits per heavy atom. The minimum atomic E-state index is -0.247. The van der Waals surface area contributed by atoms with Gasteiger partial charge in [0.25, 0.3) is 5.56 Å². The lowest BCUT2D eigenvalue weighted by atomic mass is 10.0. The fraction of sp³-hybridized carbons (Fsp3) is 0.458. The first-order valence-electron chi connectivity index (χ1n) is 12.0. The molecule has 34 heavy (non-hydrogen) atoms. The molecule has 10 heteroatoms. The number of Topliss-reactive ketones (excluding diaryl/α,β-unsaturated/α-hetero) is 1. The lowest BCUT2D eigenvalue weighted by molar-refractivity contribution is 0.101. The van der Waals surface area contributed by atoms with E-state index in [9.17, 15) is 9.59 Å². The molecule has 2 aliphatic rings. The molecule has 4 heterocycles. The van der Waals surface area contributed by atoms with Crippen molar-refractivity contribution in [3.05, 3.63) is 46.0 Å². The Labute approximate surface area is 199 Å². The Hall–Kier alpha value is -3.27. The average molecular weight is 459 g/mol. The molecular weight excluding hydrogens is 429 g/mol. The standard InChI is InChI=1S/C24H30BN7O2/c1-15-19-14-27-24(28-20-8-7-18(13-26-20)30-9-11-31(25)12-10-30)29-22(19)32(17-5-3-4-6-17)23(34)21(15)16(2)33/h7-8,13-14,17H,3-6,9-12,25H2,1-2H3,(H,26,27,28,29). The third kappa shape index (κ3) is 4.18. The highest BCUT2D eigenvalue weighted by Gasteiger charge is 2.26. The van der Waals surface area contributed by atoms with Crippen LogP contribution < -0.4 is 15.8 Å². The van der Waals surface area contributed by atoms with E-state index in [1.165, 1.54) is 6.92 Å². The molecule has 3 aromatic rings. The SMILES string of the molecule is BN1CCN(c2ccc(Nc3ncc4c(C)c(C(C)=O)c(=O)n(C5CCCC5)c4n3)nc2)CC1. The fourth-order valence-electron chi connectivity index (χ4n) is 5.14. The number of nitrogens with zero attached hydrogens (tertiary/aromatic N) is 6. The molecule has 176 valence electrons. The second-order valence-electron chi connectivity index (χ2n) is 9.42. The number of rotatable bonds is 5.